The first-order valence-corrected chi connectivity index (χ1v) is 14.0. The summed E-state index contributed by atoms with van der Waals surface area (Å²) in [6, 6.07) is 32.3. The molecule has 192 valence electrons. The summed E-state index contributed by atoms with van der Waals surface area (Å²) >= 11 is 0. The molecule has 1 aliphatic rings. The summed E-state index contributed by atoms with van der Waals surface area (Å²) in [5.74, 6) is 1.74. The van der Waals surface area contributed by atoms with Crippen LogP contribution in [0.25, 0.3) is 83.2 Å². The molecule has 41 heavy (non-hydrogen) atoms. The van der Waals surface area contributed by atoms with Gasteiger partial charge in [0.25, 0.3) is 0 Å². The van der Waals surface area contributed by atoms with E-state index < -0.39 is 0 Å². The number of imidazole rings is 4. The Balaban J connectivity index is 1.33. The second-order valence-corrected chi connectivity index (χ2v) is 11.9. The van der Waals surface area contributed by atoms with E-state index >= 15 is 0 Å². The van der Waals surface area contributed by atoms with Crippen molar-refractivity contribution in [1.29, 1.82) is 0 Å². The van der Waals surface area contributed by atoms with E-state index in [1.165, 1.54) is 22.3 Å². The predicted molar refractivity (Wildman–Crippen MR) is 163 cm³/mol. The summed E-state index contributed by atoms with van der Waals surface area (Å²) in [6.07, 6.45) is 0. The maximum atomic E-state index is 6.38. The van der Waals surface area contributed by atoms with Crippen molar-refractivity contribution in [3.63, 3.8) is 0 Å². The molecule has 0 unspecified atom stereocenters. The molecule has 0 spiro atoms. The molecule has 0 amide bonds. The van der Waals surface area contributed by atoms with E-state index in [1.807, 2.05) is 12.1 Å². The van der Waals surface area contributed by atoms with Crippen LogP contribution in [-0.2, 0) is 5.41 Å². The van der Waals surface area contributed by atoms with E-state index in [9.17, 15) is 0 Å². The molecule has 6 nitrogen and oxygen atoms in total. The van der Waals surface area contributed by atoms with Gasteiger partial charge in [0.1, 0.15) is 16.6 Å². The zero-order valence-corrected chi connectivity index (χ0v) is 22.3. The lowest BCUT2D eigenvalue weighted by atomic mass is 9.82. The maximum Gasteiger partial charge on any atom is 0.223 e. The van der Waals surface area contributed by atoms with Gasteiger partial charge in [-0.3, -0.25) is 8.80 Å². The van der Waals surface area contributed by atoms with Crippen LogP contribution in [0.15, 0.2) is 95.4 Å². The van der Waals surface area contributed by atoms with Crippen LogP contribution in [0.1, 0.15) is 25.0 Å². The molecule has 0 saturated heterocycles. The van der Waals surface area contributed by atoms with Crippen LogP contribution >= 0.6 is 0 Å². The van der Waals surface area contributed by atoms with E-state index in [4.69, 9.17) is 14.4 Å². The van der Waals surface area contributed by atoms with Crippen molar-refractivity contribution in [3.8, 4) is 11.1 Å². The molecule has 0 aliphatic heterocycles. The minimum absolute atomic E-state index is 0.142. The molecule has 0 radical (unpaired) electrons. The van der Waals surface area contributed by atoms with Crippen LogP contribution in [0.3, 0.4) is 0 Å². The molecule has 1 aliphatic carbocycles. The predicted octanol–water partition coefficient (Wildman–Crippen LogP) is 8.34. The number of fused-ring (bicyclic) bond motifs is 18. The Morgan fingerprint density at radius 1 is 0.585 bits per heavy atom. The number of para-hydroxylation sites is 2. The normalized spacial score (nSPS) is 14.8. The van der Waals surface area contributed by atoms with Gasteiger partial charge in [0, 0.05) is 16.2 Å². The Morgan fingerprint density at radius 3 is 2.15 bits per heavy atom. The molecular formula is C35H21N5O. The number of hydrogen-bond donors (Lipinski definition) is 0. The molecule has 10 aromatic rings. The first kappa shape index (κ1) is 20.5. The summed E-state index contributed by atoms with van der Waals surface area (Å²) < 4.78 is 13.2. The molecule has 11 rings (SSSR count). The summed E-state index contributed by atoms with van der Waals surface area (Å²) in [6.45, 7) is 4.64. The van der Waals surface area contributed by atoms with E-state index in [1.54, 1.807) is 0 Å². The third kappa shape index (κ3) is 2.10. The van der Waals surface area contributed by atoms with Crippen molar-refractivity contribution >= 4 is 72.1 Å². The van der Waals surface area contributed by atoms with E-state index in [-0.39, 0.29) is 5.41 Å². The highest BCUT2D eigenvalue weighted by Crippen LogP contribution is 2.51. The molecule has 0 saturated carbocycles. The number of furan rings is 1. The average Bonchev–Trinajstić information content (AvgIpc) is 3.79. The summed E-state index contributed by atoms with van der Waals surface area (Å²) in [7, 11) is 0. The molecule has 0 N–H and O–H groups in total. The fourth-order valence-corrected chi connectivity index (χ4v) is 7.87. The van der Waals surface area contributed by atoms with Gasteiger partial charge in [-0.1, -0.05) is 68.4 Å². The van der Waals surface area contributed by atoms with Crippen LogP contribution in [-0.4, -0.2) is 23.2 Å². The van der Waals surface area contributed by atoms with Gasteiger partial charge in [-0.2, -0.15) is 0 Å². The van der Waals surface area contributed by atoms with Gasteiger partial charge in [-0.25, -0.2) is 14.4 Å². The number of aromatic nitrogens is 5. The van der Waals surface area contributed by atoms with Crippen molar-refractivity contribution < 1.29 is 4.42 Å². The van der Waals surface area contributed by atoms with Gasteiger partial charge in [-0.05, 0) is 58.7 Å². The van der Waals surface area contributed by atoms with Gasteiger partial charge >= 0.3 is 0 Å². The summed E-state index contributed by atoms with van der Waals surface area (Å²) in [4.78, 5) is 10.7. The minimum Gasteiger partial charge on any atom is -0.454 e. The molecule has 6 heteroatoms. The number of rotatable bonds is 0. The molecule has 0 atom stereocenters. The van der Waals surface area contributed by atoms with Gasteiger partial charge in [0.15, 0.2) is 5.58 Å². The average molecular weight is 528 g/mol. The SMILES string of the molecule is CC1(C)c2ccccc2-c2ccc3c(nc4n3c3cccc5c3n4c3nc4c6oc7ccccc7c6ccc4n53)c21. The number of benzene rings is 5. The lowest BCUT2D eigenvalue weighted by Gasteiger charge is -2.21. The molecule has 0 fully saturated rings. The second-order valence-electron chi connectivity index (χ2n) is 11.9. The Hall–Kier alpha value is -5.36. The smallest absolute Gasteiger partial charge is 0.223 e. The topological polar surface area (TPSA) is 52.2 Å². The lowest BCUT2D eigenvalue weighted by molar-refractivity contribution is 0.665. The van der Waals surface area contributed by atoms with E-state index in [2.05, 4.69) is 106 Å². The number of nitrogens with zero attached hydrogens (tertiary/aromatic N) is 5. The second kappa shape index (κ2) is 6.34. The maximum absolute atomic E-state index is 6.38. The van der Waals surface area contributed by atoms with Crippen LogP contribution in [0.5, 0.6) is 0 Å². The molecule has 5 heterocycles. The largest absolute Gasteiger partial charge is 0.454 e. The zero-order chi connectivity index (χ0) is 26.8. The van der Waals surface area contributed by atoms with Crippen molar-refractivity contribution in [2.75, 3.05) is 0 Å². The standard InChI is InChI=1S/C35H21N5O/c1-35(2)22-10-5-3-8-18(22)20-14-16-23-29(28(20)35)36-33-38(23)25-11-7-12-26-31(25)40(33)34-37-30-24(39(26)34)17-15-21-19-9-4-6-13-27(19)41-32(21)30/h3-17H,1-2H3. The Labute approximate surface area is 232 Å². The first-order chi connectivity index (χ1) is 20.1. The van der Waals surface area contributed by atoms with Crippen LogP contribution in [0.2, 0.25) is 0 Å². The molecule has 0 bridgehead atoms. The van der Waals surface area contributed by atoms with Gasteiger partial charge in [0.05, 0.1) is 27.6 Å². The van der Waals surface area contributed by atoms with Crippen LogP contribution in [0.4, 0.5) is 0 Å². The first-order valence-electron chi connectivity index (χ1n) is 14.0. The molecule has 5 aromatic carbocycles. The highest BCUT2D eigenvalue weighted by molar-refractivity contribution is 6.15. The molecular weight excluding hydrogens is 506 g/mol. The van der Waals surface area contributed by atoms with Crippen LogP contribution in [0, 0.1) is 0 Å². The van der Waals surface area contributed by atoms with Crippen molar-refractivity contribution in [2.24, 2.45) is 0 Å². The van der Waals surface area contributed by atoms with Gasteiger partial charge < -0.3 is 4.42 Å². The van der Waals surface area contributed by atoms with E-state index in [0.717, 1.165) is 72.1 Å². The monoisotopic (exact) mass is 527 g/mol. The third-order valence-electron chi connectivity index (χ3n) is 9.58. The van der Waals surface area contributed by atoms with Crippen molar-refractivity contribution in [2.45, 2.75) is 19.3 Å². The quantitative estimate of drug-likeness (QED) is 0.199. The minimum atomic E-state index is -0.142. The van der Waals surface area contributed by atoms with Gasteiger partial charge in [0.2, 0.25) is 11.6 Å². The van der Waals surface area contributed by atoms with Crippen LogP contribution < -0.4 is 0 Å². The van der Waals surface area contributed by atoms with Gasteiger partial charge in [-0.15, -0.1) is 0 Å². The number of hydrogen-bond acceptors (Lipinski definition) is 3. The Kier molecular flexibility index (Phi) is 3.17. The fourth-order valence-electron chi connectivity index (χ4n) is 7.87. The van der Waals surface area contributed by atoms with Crippen molar-refractivity contribution in [1.82, 2.24) is 23.2 Å². The van der Waals surface area contributed by atoms with Crippen molar-refractivity contribution in [3.05, 3.63) is 102 Å². The summed E-state index contributed by atoms with van der Waals surface area (Å²) in [5, 5.41) is 2.20. The fraction of sp³-hybridized carbons (Fsp3) is 0.0857. The Bertz CT molecular complexity index is 2780. The summed E-state index contributed by atoms with van der Waals surface area (Å²) in [5.41, 5.74) is 14.3. The molecule has 5 aromatic heterocycles. The zero-order valence-electron chi connectivity index (χ0n) is 22.3. The lowest BCUT2D eigenvalue weighted by Crippen LogP contribution is -2.15. The third-order valence-corrected chi connectivity index (χ3v) is 9.58. The Morgan fingerprint density at radius 2 is 1.29 bits per heavy atom. The van der Waals surface area contributed by atoms with E-state index in [0.29, 0.717) is 0 Å². The highest BCUT2D eigenvalue weighted by Gasteiger charge is 2.38. The highest BCUT2D eigenvalue weighted by atomic mass is 16.3.